The second kappa shape index (κ2) is 4.73. The highest BCUT2D eigenvalue weighted by molar-refractivity contribution is 7.10. The van der Waals surface area contributed by atoms with Crippen LogP contribution in [0.1, 0.15) is 34.9 Å². The van der Waals surface area contributed by atoms with Gasteiger partial charge in [-0.15, -0.1) is 11.3 Å². The zero-order chi connectivity index (χ0) is 12.5. The maximum absolute atomic E-state index is 13.3. The lowest BCUT2D eigenvalue weighted by atomic mass is 9.93. The molecular formula is C15H16FNS. The summed E-state index contributed by atoms with van der Waals surface area (Å²) < 4.78 is 13.3. The quantitative estimate of drug-likeness (QED) is 0.827. The molecule has 1 atom stereocenters. The summed E-state index contributed by atoms with van der Waals surface area (Å²) in [6.45, 7) is 2.01. The third-order valence-electron chi connectivity index (χ3n) is 3.58. The van der Waals surface area contributed by atoms with Gasteiger partial charge < -0.3 is 5.32 Å². The van der Waals surface area contributed by atoms with Crippen molar-refractivity contribution in [1.29, 1.82) is 0 Å². The molecule has 0 spiro atoms. The Balaban J connectivity index is 1.88. The first-order valence-corrected chi connectivity index (χ1v) is 7.21. The summed E-state index contributed by atoms with van der Waals surface area (Å²) in [7, 11) is 0. The van der Waals surface area contributed by atoms with Crippen molar-refractivity contribution in [3.05, 3.63) is 51.5 Å². The summed E-state index contributed by atoms with van der Waals surface area (Å²) in [4.78, 5) is 1.48. The third-order valence-corrected chi connectivity index (χ3v) is 4.58. The second-order valence-electron chi connectivity index (χ2n) is 4.85. The van der Waals surface area contributed by atoms with E-state index in [0.717, 1.165) is 17.7 Å². The van der Waals surface area contributed by atoms with E-state index in [1.54, 1.807) is 6.07 Å². The highest BCUT2D eigenvalue weighted by Gasteiger charge is 2.21. The van der Waals surface area contributed by atoms with Crippen molar-refractivity contribution in [3.8, 4) is 0 Å². The van der Waals surface area contributed by atoms with E-state index in [9.17, 15) is 4.39 Å². The monoisotopic (exact) mass is 261 g/mol. The van der Waals surface area contributed by atoms with Gasteiger partial charge in [0.25, 0.3) is 0 Å². The summed E-state index contributed by atoms with van der Waals surface area (Å²) in [6.07, 6.45) is 3.52. The molecule has 1 nitrogen and oxygen atoms in total. The first-order valence-electron chi connectivity index (χ1n) is 6.33. The van der Waals surface area contributed by atoms with Crippen LogP contribution >= 0.6 is 11.3 Å². The normalized spacial score (nSPS) is 18.4. The average Bonchev–Trinajstić information content (AvgIpc) is 2.83. The molecule has 0 amide bonds. The number of nitrogens with one attached hydrogen (secondary N) is 1. The predicted molar refractivity (Wildman–Crippen MR) is 74.8 cm³/mol. The Morgan fingerprint density at radius 3 is 3.11 bits per heavy atom. The lowest BCUT2D eigenvalue weighted by Gasteiger charge is -2.25. The molecular weight excluding hydrogens is 245 g/mol. The summed E-state index contributed by atoms with van der Waals surface area (Å²) in [5, 5.41) is 5.65. The number of hydrogen-bond acceptors (Lipinski definition) is 2. The van der Waals surface area contributed by atoms with Gasteiger partial charge in [0.05, 0.1) is 6.04 Å². The van der Waals surface area contributed by atoms with E-state index in [-0.39, 0.29) is 5.82 Å². The van der Waals surface area contributed by atoms with E-state index in [1.165, 1.54) is 29.3 Å². The number of thiophene rings is 1. The molecule has 3 heteroatoms. The fourth-order valence-electron chi connectivity index (χ4n) is 2.57. The van der Waals surface area contributed by atoms with E-state index >= 15 is 0 Å². The lowest BCUT2D eigenvalue weighted by molar-refractivity contribution is 0.604. The number of benzene rings is 1. The van der Waals surface area contributed by atoms with Gasteiger partial charge in [-0.3, -0.25) is 0 Å². The number of anilines is 1. The number of halogens is 1. The van der Waals surface area contributed by atoms with Crippen LogP contribution in [0.5, 0.6) is 0 Å². The van der Waals surface area contributed by atoms with Gasteiger partial charge in [-0.05, 0) is 60.9 Å². The molecule has 1 N–H and O–H groups in total. The molecule has 2 aromatic rings. The van der Waals surface area contributed by atoms with Crippen LogP contribution in [0, 0.1) is 12.7 Å². The fraction of sp³-hybridized carbons (Fsp3) is 0.333. The van der Waals surface area contributed by atoms with E-state index in [2.05, 4.69) is 16.8 Å². The highest BCUT2D eigenvalue weighted by atomic mass is 32.1. The van der Waals surface area contributed by atoms with E-state index in [0.29, 0.717) is 6.04 Å². The highest BCUT2D eigenvalue weighted by Crippen LogP contribution is 2.36. The molecule has 18 heavy (non-hydrogen) atoms. The Labute approximate surface area is 111 Å². The van der Waals surface area contributed by atoms with Crippen molar-refractivity contribution in [1.82, 2.24) is 0 Å². The summed E-state index contributed by atoms with van der Waals surface area (Å²) in [5.41, 5.74) is 3.41. The Bertz CT molecular complexity index is 561. The maximum Gasteiger partial charge on any atom is 0.125 e. The third kappa shape index (κ3) is 2.15. The molecule has 3 rings (SSSR count). The van der Waals surface area contributed by atoms with Gasteiger partial charge in [0.15, 0.2) is 0 Å². The molecule has 1 aliphatic rings. The van der Waals surface area contributed by atoms with Crippen LogP contribution < -0.4 is 5.32 Å². The van der Waals surface area contributed by atoms with Crippen LogP contribution in [0.3, 0.4) is 0 Å². The molecule has 1 heterocycles. The Morgan fingerprint density at radius 2 is 2.22 bits per heavy atom. The molecule has 0 radical (unpaired) electrons. The summed E-state index contributed by atoms with van der Waals surface area (Å²) in [6, 6.07) is 7.47. The minimum absolute atomic E-state index is 0.176. The molecule has 1 aliphatic carbocycles. The van der Waals surface area contributed by atoms with Crippen LogP contribution in [0.15, 0.2) is 29.6 Å². The van der Waals surface area contributed by atoms with Gasteiger partial charge >= 0.3 is 0 Å². The SMILES string of the molecule is Cc1ccc(F)cc1NC1CCCc2sccc21. The van der Waals surface area contributed by atoms with Crippen LogP contribution in [0.2, 0.25) is 0 Å². The first-order chi connectivity index (χ1) is 8.74. The van der Waals surface area contributed by atoms with Crippen LogP contribution in [-0.4, -0.2) is 0 Å². The molecule has 0 saturated heterocycles. The van der Waals surface area contributed by atoms with Crippen LogP contribution in [-0.2, 0) is 6.42 Å². The maximum atomic E-state index is 13.3. The summed E-state index contributed by atoms with van der Waals surface area (Å²) in [5.74, 6) is -0.176. The van der Waals surface area contributed by atoms with Gasteiger partial charge in [-0.25, -0.2) is 4.39 Å². The van der Waals surface area contributed by atoms with Crippen molar-refractivity contribution in [3.63, 3.8) is 0 Å². The van der Waals surface area contributed by atoms with E-state index in [4.69, 9.17) is 0 Å². The van der Waals surface area contributed by atoms with E-state index < -0.39 is 0 Å². The number of rotatable bonds is 2. The molecule has 0 aliphatic heterocycles. The van der Waals surface area contributed by atoms with Crippen molar-refractivity contribution in [2.45, 2.75) is 32.2 Å². The molecule has 0 bridgehead atoms. The van der Waals surface area contributed by atoms with Gasteiger partial charge in [0, 0.05) is 10.6 Å². The Hall–Kier alpha value is -1.35. The van der Waals surface area contributed by atoms with Crippen LogP contribution in [0.4, 0.5) is 10.1 Å². The molecule has 1 aromatic carbocycles. The minimum atomic E-state index is -0.176. The lowest BCUT2D eigenvalue weighted by Crippen LogP contribution is -2.16. The molecule has 1 unspecified atom stereocenters. The van der Waals surface area contributed by atoms with Crippen molar-refractivity contribution in [2.24, 2.45) is 0 Å². The van der Waals surface area contributed by atoms with Gasteiger partial charge in [-0.2, -0.15) is 0 Å². The standard InChI is InChI=1S/C15H16FNS/c1-10-5-6-11(16)9-14(10)17-13-3-2-4-15-12(13)7-8-18-15/h5-9,13,17H,2-4H2,1H3. The number of aryl methyl sites for hydroxylation is 2. The number of fused-ring (bicyclic) bond motifs is 1. The minimum Gasteiger partial charge on any atom is -0.378 e. The average molecular weight is 261 g/mol. The summed E-state index contributed by atoms with van der Waals surface area (Å²) >= 11 is 1.83. The Morgan fingerprint density at radius 1 is 1.33 bits per heavy atom. The largest absolute Gasteiger partial charge is 0.378 e. The number of hydrogen-bond donors (Lipinski definition) is 1. The van der Waals surface area contributed by atoms with Crippen molar-refractivity contribution >= 4 is 17.0 Å². The van der Waals surface area contributed by atoms with Gasteiger partial charge in [0.2, 0.25) is 0 Å². The van der Waals surface area contributed by atoms with Crippen LogP contribution in [0.25, 0.3) is 0 Å². The Kier molecular flexibility index (Phi) is 3.08. The van der Waals surface area contributed by atoms with Crippen molar-refractivity contribution in [2.75, 3.05) is 5.32 Å². The second-order valence-corrected chi connectivity index (χ2v) is 5.85. The topological polar surface area (TPSA) is 12.0 Å². The molecule has 0 fully saturated rings. The smallest absolute Gasteiger partial charge is 0.125 e. The van der Waals surface area contributed by atoms with E-state index in [1.807, 2.05) is 24.3 Å². The van der Waals surface area contributed by atoms with Gasteiger partial charge in [0.1, 0.15) is 5.82 Å². The molecule has 1 aromatic heterocycles. The van der Waals surface area contributed by atoms with Crippen molar-refractivity contribution < 1.29 is 4.39 Å². The van der Waals surface area contributed by atoms with Gasteiger partial charge in [-0.1, -0.05) is 6.07 Å². The zero-order valence-corrected chi connectivity index (χ0v) is 11.2. The molecule has 94 valence electrons. The fourth-order valence-corrected chi connectivity index (χ4v) is 3.56. The first kappa shape index (κ1) is 11.7. The predicted octanol–water partition coefficient (Wildman–Crippen LogP) is 4.69. The molecule has 0 saturated carbocycles. The zero-order valence-electron chi connectivity index (χ0n) is 10.4.